The molecule has 0 saturated carbocycles. The molecule has 29 heavy (non-hydrogen) atoms. The summed E-state index contributed by atoms with van der Waals surface area (Å²) in [5.41, 5.74) is 1.41. The molecule has 0 spiro atoms. The van der Waals surface area contributed by atoms with E-state index in [-0.39, 0.29) is 6.04 Å². The summed E-state index contributed by atoms with van der Waals surface area (Å²) in [7, 11) is 2.01. The van der Waals surface area contributed by atoms with Crippen molar-refractivity contribution in [3.63, 3.8) is 0 Å². The number of piperidine rings is 2. The summed E-state index contributed by atoms with van der Waals surface area (Å²) in [6.07, 6.45) is 6.81. The monoisotopic (exact) mass is 398 g/mol. The molecule has 1 aromatic rings. The fourth-order valence-corrected chi connectivity index (χ4v) is 5.57. The van der Waals surface area contributed by atoms with E-state index in [9.17, 15) is 4.79 Å². The Morgan fingerprint density at radius 2 is 1.97 bits per heavy atom. The van der Waals surface area contributed by atoms with Crippen LogP contribution >= 0.6 is 0 Å². The molecule has 5 nitrogen and oxygen atoms in total. The number of amides is 1. The number of likely N-dealkylation sites (tertiary alicyclic amines) is 2. The van der Waals surface area contributed by atoms with Crippen LogP contribution in [0.3, 0.4) is 0 Å². The largest absolute Gasteiger partial charge is 0.337 e. The van der Waals surface area contributed by atoms with Crippen LogP contribution in [0.4, 0.5) is 0 Å². The lowest BCUT2D eigenvalue weighted by Crippen LogP contribution is -2.59. The molecular formula is C24H38N4O. The highest BCUT2D eigenvalue weighted by Crippen LogP contribution is 2.33. The third-order valence-electron chi connectivity index (χ3n) is 7.57. The molecule has 3 aliphatic heterocycles. The number of nitrogens with one attached hydrogen (secondary N) is 2. The predicted octanol–water partition coefficient (Wildman–Crippen LogP) is 2.27. The van der Waals surface area contributed by atoms with E-state index in [1.807, 2.05) is 7.05 Å². The van der Waals surface area contributed by atoms with Crippen molar-refractivity contribution in [2.45, 2.75) is 69.6 Å². The Morgan fingerprint density at radius 1 is 1.17 bits per heavy atom. The van der Waals surface area contributed by atoms with E-state index in [0.29, 0.717) is 30.0 Å². The zero-order chi connectivity index (χ0) is 20.2. The molecule has 0 aromatic heterocycles. The van der Waals surface area contributed by atoms with Crippen LogP contribution in [-0.2, 0) is 11.2 Å². The number of fused-ring (bicyclic) bond motifs is 1. The van der Waals surface area contributed by atoms with Crippen LogP contribution in [0, 0.1) is 5.92 Å². The first-order valence-electron chi connectivity index (χ1n) is 11.7. The van der Waals surface area contributed by atoms with Crippen molar-refractivity contribution in [2.24, 2.45) is 5.92 Å². The van der Waals surface area contributed by atoms with Crippen LogP contribution in [0.25, 0.3) is 0 Å². The second-order valence-electron chi connectivity index (χ2n) is 9.31. The number of likely N-dealkylation sites (N-methyl/N-ethyl adjacent to an activating group) is 1. The van der Waals surface area contributed by atoms with Crippen molar-refractivity contribution >= 4 is 5.91 Å². The van der Waals surface area contributed by atoms with Crippen molar-refractivity contribution in [1.82, 2.24) is 20.4 Å². The molecule has 1 aromatic carbocycles. The van der Waals surface area contributed by atoms with Gasteiger partial charge in [0, 0.05) is 37.8 Å². The van der Waals surface area contributed by atoms with E-state index in [1.54, 1.807) is 0 Å². The van der Waals surface area contributed by atoms with Gasteiger partial charge in [0.05, 0.1) is 6.04 Å². The van der Waals surface area contributed by atoms with E-state index in [2.05, 4.69) is 57.7 Å². The van der Waals surface area contributed by atoms with Gasteiger partial charge in [-0.25, -0.2) is 0 Å². The van der Waals surface area contributed by atoms with E-state index >= 15 is 0 Å². The molecule has 3 heterocycles. The van der Waals surface area contributed by atoms with Crippen molar-refractivity contribution in [3.8, 4) is 0 Å². The molecule has 0 bridgehead atoms. The lowest BCUT2D eigenvalue weighted by Gasteiger charge is -2.41. The topological polar surface area (TPSA) is 47.6 Å². The van der Waals surface area contributed by atoms with Gasteiger partial charge in [0.25, 0.3) is 0 Å². The molecule has 3 saturated heterocycles. The van der Waals surface area contributed by atoms with Crippen LogP contribution in [0.1, 0.15) is 44.6 Å². The maximum absolute atomic E-state index is 13.4. The first-order valence-corrected chi connectivity index (χ1v) is 11.7. The van der Waals surface area contributed by atoms with E-state index < -0.39 is 0 Å². The highest BCUT2D eigenvalue weighted by atomic mass is 16.2. The number of hydrogen-bond acceptors (Lipinski definition) is 4. The maximum atomic E-state index is 13.4. The lowest BCUT2D eigenvalue weighted by molar-refractivity contribution is -0.136. The molecule has 4 rings (SSSR count). The van der Waals surface area contributed by atoms with Crippen LogP contribution in [0.5, 0.6) is 0 Å². The summed E-state index contributed by atoms with van der Waals surface area (Å²) < 4.78 is 0. The average molecular weight is 399 g/mol. The van der Waals surface area contributed by atoms with Crippen molar-refractivity contribution in [3.05, 3.63) is 35.9 Å². The molecule has 3 aliphatic rings. The molecular weight excluding hydrogens is 360 g/mol. The van der Waals surface area contributed by atoms with Gasteiger partial charge in [0.1, 0.15) is 0 Å². The average Bonchev–Trinajstić information content (AvgIpc) is 3.20. The minimum atomic E-state index is 0.00277. The van der Waals surface area contributed by atoms with E-state index in [1.165, 1.54) is 24.9 Å². The van der Waals surface area contributed by atoms with Crippen LogP contribution in [-0.4, -0.2) is 73.1 Å². The lowest BCUT2D eigenvalue weighted by atomic mass is 9.91. The van der Waals surface area contributed by atoms with Crippen molar-refractivity contribution in [2.75, 3.05) is 33.2 Å². The Bertz CT molecular complexity index is 666. The normalized spacial score (nSPS) is 31.4. The van der Waals surface area contributed by atoms with Gasteiger partial charge in [-0.3, -0.25) is 4.79 Å². The third kappa shape index (κ3) is 4.84. The van der Waals surface area contributed by atoms with Gasteiger partial charge in [-0.15, -0.1) is 0 Å². The number of benzene rings is 1. The van der Waals surface area contributed by atoms with E-state index in [0.717, 1.165) is 45.3 Å². The minimum absolute atomic E-state index is 0.00277. The van der Waals surface area contributed by atoms with Gasteiger partial charge in [-0.2, -0.15) is 0 Å². The SMILES string of the molecule is CNC(C)C1CCCC(C(=O)N2CCC3CCN(CCc4ccccc4)CC32)N1. The first-order chi connectivity index (χ1) is 14.2. The molecule has 5 heteroatoms. The fourth-order valence-electron chi connectivity index (χ4n) is 5.57. The van der Waals surface area contributed by atoms with Crippen molar-refractivity contribution < 1.29 is 4.79 Å². The molecule has 5 atom stereocenters. The van der Waals surface area contributed by atoms with Crippen LogP contribution < -0.4 is 10.6 Å². The van der Waals surface area contributed by atoms with Crippen molar-refractivity contribution in [1.29, 1.82) is 0 Å². The van der Waals surface area contributed by atoms with Gasteiger partial charge in [0.15, 0.2) is 0 Å². The molecule has 0 radical (unpaired) electrons. The van der Waals surface area contributed by atoms with Gasteiger partial charge >= 0.3 is 0 Å². The second-order valence-corrected chi connectivity index (χ2v) is 9.31. The van der Waals surface area contributed by atoms with Gasteiger partial charge < -0.3 is 20.4 Å². The zero-order valence-electron chi connectivity index (χ0n) is 18.1. The minimum Gasteiger partial charge on any atom is -0.337 e. The first kappa shape index (κ1) is 20.8. The molecule has 160 valence electrons. The highest BCUT2D eigenvalue weighted by molar-refractivity contribution is 5.82. The Labute approximate surface area is 176 Å². The van der Waals surface area contributed by atoms with Crippen LogP contribution in [0.15, 0.2) is 30.3 Å². The smallest absolute Gasteiger partial charge is 0.240 e. The Balaban J connectivity index is 1.34. The summed E-state index contributed by atoms with van der Waals surface area (Å²) >= 11 is 0. The molecule has 1 amide bonds. The highest BCUT2D eigenvalue weighted by Gasteiger charge is 2.43. The molecule has 0 aliphatic carbocycles. The fraction of sp³-hybridized carbons (Fsp3) is 0.708. The van der Waals surface area contributed by atoms with Gasteiger partial charge in [-0.05, 0) is 70.5 Å². The Kier molecular flexibility index (Phi) is 6.88. The standard InChI is InChI=1S/C24H38N4O/c1-18(25-2)21-9-6-10-22(26-21)24(29)28-16-13-20-12-15-27(17-23(20)28)14-11-19-7-4-3-5-8-19/h3-5,7-8,18,20-23,25-26H,6,9-17H2,1-2H3. The molecule has 5 unspecified atom stereocenters. The van der Waals surface area contributed by atoms with E-state index in [4.69, 9.17) is 0 Å². The number of rotatable bonds is 6. The summed E-state index contributed by atoms with van der Waals surface area (Å²) in [6, 6.07) is 12.0. The second kappa shape index (κ2) is 9.59. The Hall–Kier alpha value is -1.43. The predicted molar refractivity (Wildman–Crippen MR) is 118 cm³/mol. The number of carbonyl (C=O) groups is 1. The quantitative estimate of drug-likeness (QED) is 0.772. The Morgan fingerprint density at radius 3 is 2.76 bits per heavy atom. The number of carbonyl (C=O) groups excluding carboxylic acids is 1. The van der Waals surface area contributed by atoms with Gasteiger partial charge in [-0.1, -0.05) is 30.3 Å². The number of hydrogen-bond donors (Lipinski definition) is 2. The summed E-state index contributed by atoms with van der Waals surface area (Å²) in [5.74, 6) is 1.05. The number of nitrogens with zero attached hydrogens (tertiary/aromatic N) is 2. The summed E-state index contributed by atoms with van der Waals surface area (Å²) in [4.78, 5) is 18.2. The summed E-state index contributed by atoms with van der Waals surface area (Å²) in [5, 5.41) is 7.02. The molecule has 3 fully saturated rings. The van der Waals surface area contributed by atoms with Crippen LogP contribution in [0.2, 0.25) is 0 Å². The zero-order valence-corrected chi connectivity index (χ0v) is 18.1. The maximum Gasteiger partial charge on any atom is 0.240 e. The molecule has 2 N–H and O–H groups in total. The third-order valence-corrected chi connectivity index (χ3v) is 7.57. The summed E-state index contributed by atoms with van der Waals surface area (Å²) in [6.45, 7) is 6.48. The van der Waals surface area contributed by atoms with Gasteiger partial charge in [0.2, 0.25) is 5.91 Å².